The lowest BCUT2D eigenvalue weighted by molar-refractivity contribution is 0.318. The van der Waals surface area contributed by atoms with E-state index in [0.29, 0.717) is 29.3 Å². The highest BCUT2D eigenvalue weighted by Gasteiger charge is 2.29. The molecule has 3 rings (SSSR count). The highest BCUT2D eigenvalue weighted by molar-refractivity contribution is 14.1. The summed E-state index contributed by atoms with van der Waals surface area (Å²) >= 11 is 8.43. The number of ether oxygens (including phenoxy) is 1. The normalized spacial score (nSPS) is 14.2. The molecule has 0 atom stereocenters. The van der Waals surface area contributed by atoms with Gasteiger partial charge in [-0.2, -0.15) is 0 Å². The fraction of sp³-hybridized carbons (Fsp3) is 0.333. The Hall–Kier alpha value is -1.08. The number of phenols is 1. The molecule has 0 radical (unpaired) electrons. The van der Waals surface area contributed by atoms with Crippen molar-refractivity contribution in [3.63, 3.8) is 0 Å². The van der Waals surface area contributed by atoms with Gasteiger partial charge in [0.1, 0.15) is 5.15 Å². The second-order valence-electron chi connectivity index (χ2n) is 4.93. The molecule has 2 aromatic rings. The molecule has 1 fully saturated rings. The SMILES string of the molecule is CCOc1cc(-c2nc(Cl)c(I)c(C3CC3)n2)ccc1O. The Morgan fingerprint density at radius 1 is 1.38 bits per heavy atom. The topological polar surface area (TPSA) is 55.2 Å². The second kappa shape index (κ2) is 5.96. The molecule has 6 heteroatoms. The van der Waals surface area contributed by atoms with E-state index in [1.54, 1.807) is 18.2 Å². The minimum absolute atomic E-state index is 0.111. The number of halogens is 2. The molecule has 0 bridgehead atoms. The van der Waals surface area contributed by atoms with Crippen molar-refractivity contribution in [1.82, 2.24) is 9.97 Å². The van der Waals surface area contributed by atoms with E-state index in [2.05, 4.69) is 32.6 Å². The molecule has 0 spiro atoms. The van der Waals surface area contributed by atoms with Crippen molar-refractivity contribution >= 4 is 34.2 Å². The smallest absolute Gasteiger partial charge is 0.161 e. The summed E-state index contributed by atoms with van der Waals surface area (Å²) in [6.07, 6.45) is 2.31. The number of hydrogen-bond acceptors (Lipinski definition) is 4. The number of rotatable bonds is 4. The van der Waals surface area contributed by atoms with Gasteiger partial charge in [0.2, 0.25) is 0 Å². The zero-order chi connectivity index (χ0) is 15.0. The van der Waals surface area contributed by atoms with Crippen LogP contribution in [0.3, 0.4) is 0 Å². The Morgan fingerprint density at radius 3 is 2.81 bits per heavy atom. The molecule has 21 heavy (non-hydrogen) atoms. The van der Waals surface area contributed by atoms with Crippen LogP contribution in [0.25, 0.3) is 11.4 Å². The summed E-state index contributed by atoms with van der Waals surface area (Å²) in [5, 5.41) is 10.3. The van der Waals surface area contributed by atoms with Gasteiger partial charge in [0.15, 0.2) is 17.3 Å². The standard InChI is InChI=1S/C15H14ClIN2O2/c1-2-21-11-7-9(5-6-10(11)20)15-18-13(8-3-4-8)12(17)14(16)19-15/h5-8,20H,2-4H2,1H3. The lowest BCUT2D eigenvalue weighted by Crippen LogP contribution is -2.00. The van der Waals surface area contributed by atoms with Crippen LogP contribution in [0.2, 0.25) is 5.15 Å². The fourth-order valence-corrected chi connectivity index (χ4v) is 2.98. The van der Waals surface area contributed by atoms with Crippen LogP contribution < -0.4 is 4.74 Å². The quantitative estimate of drug-likeness (QED) is 0.593. The molecule has 1 aliphatic carbocycles. The molecule has 0 saturated heterocycles. The Labute approximate surface area is 141 Å². The molecule has 0 amide bonds. The number of phenolic OH excluding ortho intramolecular Hbond substituents is 1. The average molecular weight is 417 g/mol. The molecule has 1 N–H and O–H groups in total. The summed E-state index contributed by atoms with van der Waals surface area (Å²) in [4.78, 5) is 9.01. The third-order valence-electron chi connectivity index (χ3n) is 3.32. The van der Waals surface area contributed by atoms with Crippen LogP contribution in [-0.4, -0.2) is 21.7 Å². The van der Waals surface area contributed by atoms with Crippen molar-refractivity contribution in [2.75, 3.05) is 6.61 Å². The first-order chi connectivity index (χ1) is 10.1. The van der Waals surface area contributed by atoms with Gasteiger partial charge in [0.25, 0.3) is 0 Å². The van der Waals surface area contributed by atoms with E-state index in [1.807, 2.05) is 6.92 Å². The van der Waals surface area contributed by atoms with E-state index in [0.717, 1.165) is 27.7 Å². The molecule has 0 unspecified atom stereocenters. The van der Waals surface area contributed by atoms with Crippen molar-refractivity contribution in [3.8, 4) is 22.9 Å². The number of hydrogen-bond donors (Lipinski definition) is 1. The van der Waals surface area contributed by atoms with Crippen molar-refractivity contribution in [1.29, 1.82) is 0 Å². The van der Waals surface area contributed by atoms with E-state index in [-0.39, 0.29) is 5.75 Å². The van der Waals surface area contributed by atoms with Gasteiger partial charge in [-0.05, 0) is 60.6 Å². The molecule has 1 aliphatic rings. The van der Waals surface area contributed by atoms with E-state index in [1.165, 1.54) is 0 Å². The third-order valence-corrected chi connectivity index (χ3v) is 4.97. The lowest BCUT2D eigenvalue weighted by Gasteiger charge is -2.10. The number of aromatic nitrogens is 2. The molecular weight excluding hydrogens is 403 g/mol. The van der Waals surface area contributed by atoms with Crippen molar-refractivity contribution in [2.45, 2.75) is 25.7 Å². The Bertz CT molecular complexity index is 690. The molecule has 0 aliphatic heterocycles. The molecule has 1 aromatic carbocycles. The fourth-order valence-electron chi connectivity index (χ4n) is 2.12. The van der Waals surface area contributed by atoms with Crippen LogP contribution in [0.5, 0.6) is 11.5 Å². The van der Waals surface area contributed by atoms with Crippen molar-refractivity contribution in [2.24, 2.45) is 0 Å². The van der Waals surface area contributed by atoms with Gasteiger partial charge in [0, 0.05) is 11.5 Å². The maximum absolute atomic E-state index is 9.77. The highest BCUT2D eigenvalue weighted by Crippen LogP contribution is 2.43. The lowest BCUT2D eigenvalue weighted by atomic mass is 10.1. The highest BCUT2D eigenvalue weighted by atomic mass is 127. The molecule has 4 nitrogen and oxygen atoms in total. The van der Waals surface area contributed by atoms with Crippen LogP contribution >= 0.6 is 34.2 Å². The van der Waals surface area contributed by atoms with Crippen LogP contribution in [0.15, 0.2) is 18.2 Å². The van der Waals surface area contributed by atoms with E-state index < -0.39 is 0 Å². The van der Waals surface area contributed by atoms with Crippen LogP contribution in [0, 0.1) is 3.57 Å². The van der Waals surface area contributed by atoms with Crippen LogP contribution in [0.4, 0.5) is 0 Å². The van der Waals surface area contributed by atoms with Gasteiger partial charge in [-0.3, -0.25) is 0 Å². The Kier molecular flexibility index (Phi) is 4.21. The first kappa shape index (κ1) is 14.8. The van der Waals surface area contributed by atoms with Crippen molar-refractivity contribution < 1.29 is 9.84 Å². The van der Waals surface area contributed by atoms with E-state index >= 15 is 0 Å². The summed E-state index contributed by atoms with van der Waals surface area (Å²) in [7, 11) is 0. The predicted octanol–water partition coefficient (Wildman–Crippen LogP) is 4.38. The van der Waals surface area contributed by atoms with E-state index in [4.69, 9.17) is 16.3 Å². The third kappa shape index (κ3) is 3.08. The first-order valence-corrected chi connectivity index (χ1v) is 8.25. The molecule has 1 heterocycles. The van der Waals surface area contributed by atoms with Gasteiger partial charge >= 0.3 is 0 Å². The Morgan fingerprint density at radius 2 is 2.14 bits per heavy atom. The first-order valence-electron chi connectivity index (χ1n) is 6.79. The predicted molar refractivity (Wildman–Crippen MR) is 90.0 cm³/mol. The summed E-state index contributed by atoms with van der Waals surface area (Å²) in [6, 6.07) is 5.10. The van der Waals surface area contributed by atoms with Crippen LogP contribution in [0.1, 0.15) is 31.4 Å². The number of nitrogens with zero attached hydrogens (tertiary/aromatic N) is 2. The largest absolute Gasteiger partial charge is 0.504 e. The molecule has 1 saturated carbocycles. The summed E-state index contributed by atoms with van der Waals surface area (Å²) in [5.41, 5.74) is 1.81. The average Bonchev–Trinajstić information content (AvgIpc) is 3.29. The minimum Gasteiger partial charge on any atom is -0.504 e. The van der Waals surface area contributed by atoms with Gasteiger partial charge < -0.3 is 9.84 Å². The number of benzene rings is 1. The van der Waals surface area contributed by atoms with Gasteiger partial charge in [-0.1, -0.05) is 11.6 Å². The molecular formula is C15H14ClIN2O2. The minimum atomic E-state index is 0.111. The maximum Gasteiger partial charge on any atom is 0.161 e. The second-order valence-corrected chi connectivity index (χ2v) is 6.36. The zero-order valence-electron chi connectivity index (χ0n) is 11.4. The van der Waals surface area contributed by atoms with Gasteiger partial charge in [-0.15, -0.1) is 0 Å². The van der Waals surface area contributed by atoms with E-state index in [9.17, 15) is 5.11 Å². The molecule has 1 aromatic heterocycles. The molecule has 110 valence electrons. The Balaban J connectivity index is 2.05. The monoisotopic (exact) mass is 416 g/mol. The number of aromatic hydroxyl groups is 1. The van der Waals surface area contributed by atoms with Gasteiger partial charge in [0.05, 0.1) is 15.9 Å². The summed E-state index contributed by atoms with van der Waals surface area (Å²) in [5.74, 6) is 1.61. The maximum atomic E-state index is 9.77. The van der Waals surface area contributed by atoms with Crippen molar-refractivity contribution in [3.05, 3.63) is 32.6 Å². The summed E-state index contributed by atoms with van der Waals surface area (Å²) in [6.45, 7) is 2.36. The van der Waals surface area contributed by atoms with Gasteiger partial charge in [-0.25, -0.2) is 9.97 Å². The zero-order valence-corrected chi connectivity index (χ0v) is 14.3. The summed E-state index contributed by atoms with van der Waals surface area (Å²) < 4.78 is 6.34. The van der Waals surface area contributed by atoms with Crippen LogP contribution in [-0.2, 0) is 0 Å².